The molecule has 234 valence electrons. The third kappa shape index (κ3) is 5.48. The Morgan fingerprint density at radius 1 is 0.160 bits per heavy atom. The molecule has 0 saturated heterocycles. The molecule has 0 amide bonds. The van der Waals surface area contributed by atoms with Gasteiger partial charge in [0.05, 0.1) is 0 Å². The Kier molecular flexibility index (Phi) is 7.61. The Labute approximate surface area is 293 Å². The second-order valence-corrected chi connectivity index (χ2v) is 12.9. The van der Waals surface area contributed by atoms with Gasteiger partial charge in [-0.25, -0.2) is 0 Å². The number of fused-ring (bicyclic) bond motifs is 2. The molecule has 0 atom stereocenters. The first-order valence-electron chi connectivity index (χ1n) is 17.3. The van der Waals surface area contributed by atoms with Gasteiger partial charge in [0.2, 0.25) is 0 Å². The van der Waals surface area contributed by atoms with E-state index in [2.05, 4.69) is 206 Å². The summed E-state index contributed by atoms with van der Waals surface area (Å²) in [6.07, 6.45) is 0. The van der Waals surface area contributed by atoms with Crippen molar-refractivity contribution in [1.82, 2.24) is 0 Å². The summed E-state index contributed by atoms with van der Waals surface area (Å²) in [5.74, 6) is 0. The molecule has 0 aromatic heterocycles. The number of hydrogen-bond acceptors (Lipinski definition) is 0. The molecule has 0 aliphatic carbocycles. The van der Waals surface area contributed by atoms with E-state index < -0.39 is 0 Å². The van der Waals surface area contributed by atoms with Gasteiger partial charge in [0.1, 0.15) is 0 Å². The number of benzene rings is 9. The number of rotatable bonds is 6. The van der Waals surface area contributed by atoms with Crippen molar-refractivity contribution in [2.45, 2.75) is 0 Å². The molecule has 0 bridgehead atoms. The predicted octanol–water partition coefficient (Wildman–Crippen LogP) is 14.0. The summed E-state index contributed by atoms with van der Waals surface area (Å²) in [5, 5.41) is 5.04. The summed E-state index contributed by atoms with van der Waals surface area (Å²) in [7, 11) is 0. The minimum atomic E-state index is 1.21. The van der Waals surface area contributed by atoms with Gasteiger partial charge in [0.25, 0.3) is 0 Å². The Hall–Kier alpha value is -6.50. The molecule has 9 aromatic rings. The molecule has 0 heteroatoms. The Bertz CT molecular complexity index is 2350. The van der Waals surface area contributed by atoms with Crippen molar-refractivity contribution >= 4 is 21.5 Å². The van der Waals surface area contributed by atoms with Crippen LogP contribution in [-0.2, 0) is 0 Å². The van der Waals surface area contributed by atoms with Gasteiger partial charge >= 0.3 is 0 Å². The maximum Gasteiger partial charge on any atom is -0.00262 e. The van der Waals surface area contributed by atoms with Crippen LogP contribution >= 0.6 is 0 Å². The zero-order valence-electron chi connectivity index (χ0n) is 27.6. The van der Waals surface area contributed by atoms with Crippen molar-refractivity contribution in [3.63, 3.8) is 0 Å². The van der Waals surface area contributed by atoms with Crippen molar-refractivity contribution in [3.05, 3.63) is 206 Å². The maximum atomic E-state index is 2.35. The summed E-state index contributed by atoms with van der Waals surface area (Å²) < 4.78 is 0. The highest BCUT2D eigenvalue weighted by Crippen LogP contribution is 2.45. The Morgan fingerprint density at radius 2 is 0.400 bits per heavy atom. The molecule has 0 fully saturated rings. The minimum Gasteiger partial charge on any atom is -0.0622 e. The van der Waals surface area contributed by atoms with Crippen LogP contribution in [0.15, 0.2) is 206 Å². The fourth-order valence-corrected chi connectivity index (χ4v) is 7.43. The average molecular weight is 635 g/mol. The topological polar surface area (TPSA) is 0 Å². The first-order valence-corrected chi connectivity index (χ1v) is 17.3. The molecule has 0 spiro atoms. The standard InChI is InChI=1S/C50H34/c1-3-13-35(14-4-1)37-25-29-39(30-26-37)41-17-11-19-43(33-41)49-45-21-7-9-23-47(45)50(48-24-10-8-22-46(48)49)44-20-12-18-42(34-44)40-31-27-38(28-32-40)36-15-5-2-6-16-36/h1-34H. The van der Waals surface area contributed by atoms with Crippen molar-refractivity contribution in [1.29, 1.82) is 0 Å². The molecule has 9 aromatic carbocycles. The van der Waals surface area contributed by atoms with E-state index in [1.165, 1.54) is 88.3 Å². The van der Waals surface area contributed by atoms with E-state index in [4.69, 9.17) is 0 Å². The van der Waals surface area contributed by atoms with Crippen LogP contribution < -0.4 is 0 Å². The lowest BCUT2D eigenvalue weighted by atomic mass is 9.85. The zero-order valence-corrected chi connectivity index (χ0v) is 27.6. The molecule has 0 aliphatic heterocycles. The van der Waals surface area contributed by atoms with Crippen LogP contribution in [0.4, 0.5) is 0 Å². The lowest BCUT2D eigenvalue weighted by Crippen LogP contribution is -1.91. The van der Waals surface area contributed by atoms with Gasteiger partial charge in [0.15, 0.2) is 0 Å². The first kappa shape index (κ1) is 29.6. The second-order valence-electron chi connectivity index (χ2n) is 12.9. The van der Waals surface area contributed by atoms with E-state index in [9.17, 15) is 0 Å². The van der Waals surface area contributed by atoms with Gasteiger partial charge in [-0.15, -0.1) is 0 Å². The van der Waals surface area contributed by atoms with Gasteiger partial charge in [-0.3, -0.25) is 0 Å². The van der Waals surface area contributed by atoms with Gasteiger partial charge in [-0.05, 0) is 100 Å². The summed E-state index contributed by atoms with van der Waals surface area (Å²) in [6.45, 7) is 0. The molecule has 0 aliphatic rings. The fourth-order valence-electron chi connectivity index (χ4n) is 7.43. The normalized spacial score (nSPS) is 11.2. The van der Waals surface area contributed by atoms with Gasteiger partial charge < -0.3 is 0 Å². The smallest absolute Gasteiger partial charge is 0.00262 e. The molecular weight excluding hydrogens is 601 g/mol. The van der Waals surface area contributed by atoms with Crippen LogP contribution in [-0.4, -0.2) is 0 Å². The second kappa shape index (κ2) is 12.8. The summed E-state index contributed by atoms with van der Waals surface area (Å²) in [6, 6.07) is 74.9. The summed E-state index contributed by atoms with van der Waals surface area (Å²) in [4.78, 5) is 0. The van der Waals surface area contributed by atoms with E-state index >= 15 is 0 Å². The zero-order chi connectivity index (χ0) is 33.3. The number of hydrogen-bond donors (Lipinski definition) is 0. The first-order chi connectivity index (χ1) is 24.8. The molecule has 0 unspecified atom stereocenters. The van der Waals surface area contributed by atoms with E-state index in [0.29, 0.717) is 0 Å². The van der Waals surface area contributed by atoms with Crippen LogP contribution in [0.25, 0.3) is 88.3 Å². The molecule has 0 N–H and O–H groups in total. The monoisotopic (exact) mass is 634 g/mol. The van der Waals surface area contributed by atoms with Crippen molar-refractivity contribution in [2.24, 2.45) is 0 Å². The Balaban J connectivity index is 1.15. The highest BCUT2D eigenvalue weighted by atomic mass is 14.2. The van der Waals surface area contributed by atoms with Crippen LogP contribution in [0.5, 0.6) is 0 Å². The van der Waals surface area contributed by atoms with Crippen LogP contribution in [0.2, 0.25) is 0 Å². The molecular formula is C50H34. The van der Waals surface area contributed by atoms with Crippen molar-refractivity contribution in [3.8, 4) is 66.8 Å². The largest absolute Gasteiger partial charge is 0.0622 e. The van der Waals surface area contributed by atoms with E-state index in [0.717, 1.165) is 0 Å². The lowest BCUT2D eigenvalue weighted by molar-refractivity contribution is 1.58. The lowest BCUT2D eigenvalue weighted by Gasteiger charge is -2.18. The average Bonchev–Trinajstić information content (AvgIpc) is 3.21. The third-order valence-corrected chi connectivity index (χ3v) is 9.88. The molecule has 50 heavy (non-hydrogen) atoms. The van der Waals surface area contributed by atoms with Crippen LogP contribution in [0, 0.1) is 0 Å². The van der Waals surface area contributed by atoms with Crippen LogP contribution in [0.1, 0.15) is 0 Å². The van der Waals surface area contributed by atoms with E-state index in [1.54, 1.807) is 0 Å². The molecule has 9 rings (SSSR count). The fraction of sp³-hybridized carbons (Fsp3) is 0. The maximum absolute atomic E-state index is 2.35. The highest BCUT2D eigenvalue weighted by molar-refractivity contribution is 6.21. The molecule has 0 heterocycles. The van der Waals surface area contributed by atoms with Crippen molar-refractivity contribution < 1.29 is 0 Å². The van der Waals surface area contributed by atoms with Gasteiger partial charge in [-0.2, -0.15) is 0 Å². The van der Waals surface area contributed by atoms with Crippen LogP contribution in [0.3, 0.4) is 0 Å². The van der Waals surface area contributed by atoms with E-state index in [1.807, 2.05) is 0 Å². The van der Waals surface area contributed by atoms with Gasteiger partial charge in [-0.1, -0.05) is 194 Å². The summed E-state index contributed by atoms with van der Waals surface area (Å²) in [5.41, 5.74) is 14.8. The van der Waals surface area contributed by atoms with Gasteiger partial charge in [0, 0.05) is 0 Å². The Morgan fingerprint density at radius 3 is 0.740 bits per heavy atom. The molecule has 0 saturated carbocycles. The minimum absolute atomic E-state index is 1.21. The predicted molar refractivity (Wildman–Crippen MR) is 214 cm³/mol. The SMILES string of the molecule is c1ccc(-c2ccc(-c3cccc(-c4c5ccccc5c(-c5cccc(-c6ccc(-c7ccccc7)cc6)c5)c5ccccc45)c3)cc2)cc1. The third-order valence-electron chi connectivity index (χ3n) is 9.88. The molecule has 0 radical (unpaired) electrons. The molecule has 0 nitrogen and oxygen atoms in total. The van der Waals surface area contributed by atoms with Crippen molar-refractivity contribution in [2.75, 3.05) is 0 Å². The summed E-state index contributed by atoms with van der Waals surface area (Å²) >= 11 is 0. The highest BCUT2D eigenvalue weighted by Gasteiger charge is 2.17. The van der Waals surface area contributed by atoms with E-state index in [-0.39, 0.29) is 0 Å². The quantitative estimate of drug-likeness (QED) is 0.160.